The maximum atomic E-state index is 13.1. The first-order valence-electron chi connectivity index (χ1n) is 10.0. The molecular weight excluding hydrogens is 390 g/mol. The van der Waals surface area contributed by atoms with Crippen molar-refractivity contribution in [3.8, 4) is 5.75 Å². The highest BCUT2D eigenvalue weighted by Gasteiger charge is 2.46. The first kappa shape index (κ1) is 20.4. The Morgan fingerprint density at radius 3 is 2.19 bits per heavy atom. The highest BCUT2D eigenvalue weighted by Crippen LogP contribution is 2.40. The van der Waals surface area contributed by atoms with Crippen LogP contribution < -0.4 is 4.74 Å². The lowest BCUT2D eigenvalue weighted by molar-refractivity contribution is -0.140. The van der Waals surface area contributed by atoms with Crippen molar-refractivity contribution in [3.63, 3.8) is 0 Å². The van der Waals surface area contributed by atoms with Gasteiger partial charge in [-0.1, -0.05) is 72.3 Å². The van der Waals surface area contributed by atoms with Crippen LogP contribution in [0.3, 0.4) is 0 Å². The standard InChI is InChI=1S/C26H23NO4/c1-17-8-10-20(11-9-17)24(28)22-23(19-12-14-21(31-2)15-13-19)27(26(30)25(22)29)16-18-6-4-3-5-7-18/h3-15,23,28H,16H2,1-2H3/b24-22+/t23-/m1/s1. The minimum absolute atomic E-state index is 0.0925. The Kier molecular flexibility index (Phi) is 5.58. The molecule has 1 atom stereocenters. The zero-order chi connectivity index (χ0) is 22.0. The van der Waals surface area contributed by atoms with E-state index in [1.807, 2.05) is 61.5 Å². The molecule has 156 valence electrons. The summed E-state index contributed by atoms with van der Waals surface area (Å²) in [6.07, 6.45) is 0. The number of aliphatic hydroxyl groups is 1. The van der Waals surface area contributed by atoms with Crippen molar-refractivity contribution >= 4 is 17.4 Å². The molecule has 4 rings (SSSR count). The largest absolute Gasteiger partial charge is 0.507 e. The van der Waals surface area contributed by atoms with Crippen molar-refractivity contribution in [3.05, 3.63) is 107 Å². The maximum absolute atomic E-state index is 13.1. The second-order valence-corrected chi connectivity index (χ2v) is 7.55. The summed E-state index contributed by atoms with van der Waals surface area (Å²) in [6.45, 7) is 2.20. The van der Waals surface area contributed by atoms with Gasteiger partial charge in [-0.15, -0.1) is 0 Å². The number of aryl methyl sites for hydroxylation is 1. The summed E-state index contributed by atoms with van der Waals surface area (Å²) in [7, 11) is 1.58. The fourth-order valence-corrected chi connectivity index (χ4v) is 3.82. The van der Waals surface area contributed by atoms with Crippen molar-refractivity contribution in [2.45, 2.75) is 19.5 Å². The van der Waals surface area contributed by atoms with Gasteiger partial charge in [0.25, 0.3) is 11.7 Å². The van der Waals surface area contributed by atoms with Gasteiger partial charge in [0.15, 0.2) is 0 Å². The van der Waals surface area contributed by atoms with E-state index in [-0.39, 0.29) is 17.9 Å². The Balaban J connectivity index is 1.85. The molecule has 0 radical (unpaired) electrons. The van der Waals surface area contributed by atoms with Gasteiger partial charge in [0.2, 0.25) is 0 Å². The summed E-state index contributed by atoms with van der Waals surface area (Å²) in [5, 5.41) is 11.1. The summed E-state index contributed by atoms with van der Waals surface area (Å²) in [6, 6.07) is 23.2. The number of ketones is 1. The van der Waals surface area contributed by atoms with Crippen LogP contribution in [-0.4, -0.2) is 28.8 Å². The summed E-state index contributed by atoms with van der Waals surface area (Å²) in [5.41, 5.74) is 3.26. The predicted octanol–water partition coefficient (Wildman–Crippen LogP) is 4.63. The second-order valence-electron chi connectivity index (χ2n) is 7.55. The summed E-state index contributed by atoms with van der Waals surface area (Å²) >= 11 is 0. The van der Waals surface area contributed by atoms with Gasteiger partial charge in [-0.2, -0.15) is 0 Å². The van der Waals surface area contributed by atoms with Crippen LogP contribution in [0.4, 0.5) is 0 Å². The number of ether oxygens (including phenoxy) is 1. The number of rotatable bonds is 5. The van der Waals surface area contributed by atoms with Crippen LogP contribution in [-0.2, 0) is 16.1 Å². The van der Waals surface area contributed by atoms with Crippen molar-refractivity contribution in [1.29, 1.82) is 0 Å². The van der Waals surface area contributed by atoms with Gasteiger partial charge >= 0.3 is 0 Å². The molecule has 31 heavy (non-hydrogen) atoms. The van der Waals surface area contributed by atoms with Gasteiger partial charge in [-0.3, -0.25) is 9.59 Å². The van der Waals surface area contributed by atoms with E-state index >= 15 is 0 Å². The fourth-order valence-electron chi connectivity index (χ4n) is 3.82. The van der Waals surface area contributed by atoms with Crippen LogP contribution >= 0.6 is 0 Å². The van der Waals surface area contributed by atoms with Crippen molar-refractivity contribution in [2.24, 2.45) is 0 Å². The van der Waals surface area contributed by atoms with Crippen LogP contribution in [0.5, 0.6) is 5.75 Å². The van der Waals surface area contributed by atoms with Crippen LogP contribution in [0.15, 0.2) is 84.4 Å². The number of aliphatic hydroxyl groups excluding tert-OH is 1. The Hall–Kier alpha value is -3.86. The molecule has 5 heteroatoms. The van der Waals surface area contributed by atoms with Crippen molar-refractivity contribution < 1.29 is 19.4 Å². The smallest absolute Gasteiger partial charge is 0.295 e. The number of Topliss-reactive ketones (excluding diaryl/α,β-unsaturated/α-hetero) is 1. The number of nitrogens with zero attached hydrogens (tertiary/aromatic N) is 1. The molecule has 5 nitrogen and oxygen atoms in total. The van der Waals surface area contributed by atoms with E-state index in [0.717, 1.165) is 16.7 Å². The third kappa shape index (κ3) is 3.94. The molecule has 3 aromatic carbocycles. The van der Waals surface area contributed by atoms with Gasteiger partial charge < -0.3 is 14.7 Å². The molecular formula is C26H23NO4. The Morgan fingerprint density at radius 1 is 0.935 bits per heavy atom. The average molecular weight is 413 g/mol. The monoisotopic (exact) mass is 413 g/mol. The summed E-state index contributed by atoms with van der Waals surface area (Å²) < 4.78 is 5.24. The Morgan fingerprint density at radius 2 is 1.58 bits per heavy atom. The predicted molar refractivity (Wildman–Crippen MR) is 118 cm³/mol. The van der Waals surface area contributed by atoms with E-state index in [9.17, 15) is 14.7 Å². The molecule has 1 fully saturated rings. The van der Waals surface area contributed by atoms with E-state index in [0.29, 0.717) is 11.3 Å². The van der Waals surface area contributed by atoms with Gasteiger partial charge in [0.05, 0.1) is 18.7 Å². The molecule has 0 unspecified atom stereocenters. The van der Waals surface area contributed by atoms with Crippen LogP contribution in [0.2, 0.25) is 0 Å². The quantitative estimate of drug-likeness (QED) is 0.376. The SMILES string of the molecule is COc1ccc([C@@H]2/C(=C(\O)c3ccc(C)cc3)C(=O)C(=O)N2Cc2ccccc2)cc1. The number of carbonyl (C=O) groups excluding carboxylic acids is 2. The topological polar surface area (TPSA) is 66.8 Å². The number of amides is 1. The first-order chi connectivity index (χ1) is 15.0. The normalized spacial score (nSPS) is 17.7. The summed E-state index contributed by atoms with van der Waals surface area (Å²) in [5.74, 6) is -0.815. The number of benzene rings is 3. The molecule has 1 heterocycles. The Labute approximate surface area is 181 Å². The molecule has 3 aromatic rings. The third-order valence-corrected chi connectivity index (χ3v) is 5.49. The van der Waals surface area contributed by atoms with Crippen molar-refractivity contribution in [1.82, 2.24) is 4.90 Å². The molecule has 0 spiro atoms. The first-order valence-corrected chi connectivity index (χ1v) is 10.0. The molecule has 0 saturated carbocycles. The van der Waals surface area contributed by atoms with Crippen molar-refractivity contribution in [2.75, 3.05) is 7.11 Å². The highest BCUT2D eigenvalue weighted by atomic mass is 16.5. The average Bonchev–Trinajstić information content (AvgIpc) is 3.05. The van der Waals surface area contributed by atoms with Crippen LogP contribution in [0.25, 0.3) is 5.76 Å². The molecule has 1 amide bonds. The zero-order valence-electron chi connectivity index (χ0n) is 17.4. The fraction of sp³-hybridized carbons (Fsp3) is 0.154. The van der Waals surface area contributed by atoms with Crippen LogP contribution in [0, 0.1) is 6.92 Å². The molecule has 1 aliphatic rings. The number of methoxy groups -OCH3 is 1. The van der Waals surface area contributed by atoms with E-state index < -0.39 is 17.7 Å². The molecule has 1 aliphatic heterocycles. The Bertz CT molecular complexity index is 1130. The molecule has 1 saturated heterocycles. The van der Waals surface area contributed by atoms with Gasteiger partial charge in [0, 0.05) is 12.1 Å². The summed E-state index contributed by atoms with van der Waals surface area (Å²) in [4.78, 5) is 27.6. The lowest BCUT2D eigenvalue weighted by Crippen LogP contribution is -2.29. The van der Waals surface area contributed by atoms with E-state index in [1.165, 1.54) is 4.90 Å². The number of hydrogen-bond donors (Lipinski definition) is 1. The number of hydrogen-bond acceptors (Lipinski definition) is 4. The van der Waals surface area contributed by atoms with Gasteiger partial charge in [0.1, 0.15) is 11.5 Å². The second kappa shape index (κ2) is 8.48. The molecule has 0 aromatic heterocycles. The van der Waals surface area contributed by atoms with E-state index in [1.54, 1.807) is 31.4 Å². The van der Waals surface area contributed by atoms with Crippen LogP contribution in [0.1, 0.15) is 28.3 Å². The van der Waals surface area contributed by atoms with E-state index in [2.05, 4.69) is 0 Å². The number of likely N-dealkylation sites (tertiary alicyclic amines) is 1. The lowest BCUT2D eigenvalue weighted by atomic mass is 9.95. The molecule has 1 N–H and O–H groups in total. The van der Waals surface area contributed by atoms with Gasteiger partial charge in [-0.25, -0.2) is 0 Å². The highest BCUT2D eigenvalue weighted by molar-refractivity contribution is 6.46. The lowest BCUT2D eigenvalue weighted by Gasteiger charge is -2.25. The maximum Gasteiger partial charge on any atom is 0.295 e. The molecule has 0 bridgehead atoms. The van der Waals surface area contributed by atoms with E-state index in [4.69, 9.17) is 4.74 Å². The third-order valence-electron chi connectivity index (χ3n) is 5.49. The minimum Gasteiger partial charge on any atom is -0.507 e. The molecule has 0 aliphatic carbocycles. The minimum atomic E-state index is -0.701. The zero-order valence-corrected chi connectivity index (χ0v) is 17.4. The van der Waals surface area contributed by atoms with Gasteiger partial charge in [-0.05, 0) is 30.2 Å². The number of carbonyl (C=O) groups is 2.